The van der Waals surface area contributed by atoms with E-state index >= 15 is 0 Å². The number of carbonyl (C=O) groups excluding carboxylic acids is 1. The van der Waals surface area contributed by atoms with Crippen LogP contribution in [-0.2, 0) is 0 Å². The van der Waals surface area contributed by atoms with Crippen molar-refractivity contribution in [2.24, 2.45) is 0 Å². The molecule has 1 amide bonds. The Morgan fingerprint density at radius 3 is 2.75 bits per heavy atom. The highest BCUT2D eigenvalue weighted by molar-refractivity contribution is 6.31. The van der Waals surface area contributed by atoms with Crippen molar-refractivity contribution in [2.45, 2.75) is 0 Å². The molecule has 4 nitrogen and oxygen atoms in total. The molecule has 0 aliphatic rings. The summed E-state index contributed by atoms with van der Waals surface area (Å²) in [4.78, 5) is 12.3. The van der Waals surface area contributed by atoms with Gasteiger partial charge in [0.2, 0.25) is 0 Å². The van der Waals surface area contributed by atoms with E-state index in [1.54, 1.807) is 36.4 Å². The van der Waals surface area contributed by atoms with Crippen molar-refractivity contribution < 1.29 is 9.53 Å². The van der Waals surface area contributed by atoms with Crippen LogP contribution in [0.5, 0.6) is 5.75 Å². The molecule has 20 heavy (non-hydrogen) atoms. The number of ether oxygens (including phenoxy) is 1. The van der Waals surface area contributed by atoms with Gasteiger partial charge in [0.1, 0.15) is 11.8 Å². The van der Waals surface area contributed by atoms with Gasteiger partial charge in [-0.1, -0.05) is 23.7 Å². The molecule has 2 aromatic carbocycles. The Labute approximate surface area is 121 Å². The van der Waals surface area contributed by atoms with Gasteiger partial charge in [-0.3, -0.25) is 4.79 Å². The number of hydrogen-bond donors (Lipinski definition) is 1. The summed E-state index contributed by atoms with van der Waals surface area (Å²) in [6, 6.07) is 13.6. The van der Waals surface area contributed by atoms with Gasteiger partial charge in [-0.15, -0.1) is 0 Å². The molecule has 0 bridgehead atoms. The number of nitriles is 1. The van der Waals surface area contributed by atoms with E-state index < -0.39 is 0 Å². The third-order valence-corrected chi connectivity index (χ3v) is 2.94. The molecule has 0 fully saturated rings. The summed E-state index contributed by atoms with van der Waals surface area (Å²) in [5.74, 6) is 0.0355. The second-order valence-corrected chi connectivity index (χ2v) is 4.39. The van der Waals surface area contributed by atoms with Crippen LogP contribution in [0.2, 0.25) is 5.02 Å². The average molecular weight is 287 g/mol. The summed E-state index contributed by atoms with van der Waals surface area (Å²) in [6.45, 7) is 0. The molecule has 0 atom stereocenters. The minimum atomic E-state index is -0.382. The molecule has 5 heteroatoms. The largest absolute Gasteiger partial charge is 0.496 e. The fourth-order valence-electron chi connectivity index (χ4n) is 1.74. The number of amides is 1. The highest BCUT2D eigenvalue weighted by atomic mass is 35.5. The van der Waals surface area contributed by atoms with Gasteiger partial charge < -0.3 is 10.1 Å². The zero-order chi connectivity index (χ0) is 14.5. The summed E-state index contributed by atoms with van der Waals surface area (Å²) in [6.07, 6.45) is 0. The van der Waals surface area contributed by atoms with Crippen molar-refractivity contribution >= 4 is 23.2 Å². The monoisotopic (exact) mass is 286 g/mol. The zero-order valence-corrected chi connectivity index (χ0v) is 11.4. The van der Waals surface area contributed by atoms with Crippen LogP contribution < -0.4 is 10.1 Å². The van der Waals surface area contributed by atoms with Crippen LogP contribution in [0.4, 0.5) is 5.69 Å². The summed E-state index contributed by atoms with van der Waals surface area (Å²) in [7, 11) is 1.48. The number of benzene rings is 2. The first-order chi connectivity index (χ1) is 9.65. The van der Waals surface area contributed by atoms with Gasteiger partial charge in [-0.2, -0.15) is 5.26 Å². The lowest BCUT2D eigenvalue weighted by Gasteiger charge is -2.10. The van der Waals surface area contributed by atoms with Gasteiger partial charge in [-0.25, -0.2) is 0 Å². The van der Waals surface area contributed by atoms with Crippen LogP contribution >= 0.6 is 11.6 Å². The number of nitrogens with one attached hydrogen (secondary N) is 1. The molecule has 0 saturated carbocycles. The summed E-state index contributed by atoms with van der Waals surface area (Å²) < 4.78 is 5.13. The molecule has 0 radical (unpaired) electrons. The number of halogens is 1. The van der Waals surface area contributed by atoms with E-state index in [1.165, 1.54) is 13.2 Å². The fraction of sp³-hybridized carbons (Fsp3) is 0.0667. The van der Waals surface area contributed by atoms with Crippen molar-refractivity contribution in [1.29, 1.82) is 5.26 Å². The number of methoxy groups -OCH3 is 1. The highest BCUT2D eigenvalue weighted by Gasteiger charge is 2.14. The first-order valence-corrected chi connectivity index (χ1v) is 6.17. The molecule has 1 N–H and O–H groups in total. The van der Waals surface area contributed by atoms with Crippen LogP contribution in [0.1, 0.15) is 15.9 Å². The third kappa shape index (κ3) is 2.90. The third-order valence-electron chi connectivity index (χ3n) is 2.70. The summed E-state index contributed by atoms with van der Waals surface area (Å²) >= 11 is 5.89. The number of hydrogen-bond acceptors (Lipinski definition) is 3. The van der Waals surface area contributed by atoms with E-state index in [0.29, 0.717) is 27.6 Å². The van der Waals surface area contributed by atoms with Gasteiger partial charge in [-0.05, 0) is 30.3 Å². The second-order valence-electron chi connectivity index (χ2n) is 3.96. The predicted molar refractivity (Wildman–Crippen MR) is 77.1 cm³/mol. The van der Waals surface area contributed by atoms with E-state index in [9.17, 15) is 4.79 Å². The fourth-order valence-corrected chi connectivity index (χ4v) is 1.91. The lowest BCUT2D eigenvalue weighted by Crippen LogP contribution is -2.14. The Bertz CT molecular complexity index is 693. The average Bonchev–Trinajstić information content (AvgIpc) is 2.47. The highest BCUT2D eigenvalue weighted by Crippen LogP contribution is 2.24. The van der Waals surface area contributed by atoms with Crippen molar-refractivity contribution in [2.75, 3.05) is 12.4 Å². The van der Waals surface area contributed by atoms with Gasteiger partial charge in [0, 0.05) is 5.02 Å². The van der Waals surface area contributed by atoms with E-state index in [1.807, 2.05) is 6.07 Å². The van der Waals surface area contributed by atoms with Crippen LogP contribution in [0, 0.1) is 11.3 Å². The molecule has 100 valence electrons. The summed E-state index contributed by atoms with van der Waals surface area (Å²) in [5, 5.41) is 12.1. The topological polar surface area (TPSA) is 62.1 Å². The molecular formula is C15H11ClN2O2. The lowest BCUT2D eigenvalue weighted by atomic mass is 10.1. The molecule has 2 aromatic rings. The van der Waals surface area contributed by atoms with Gasteiger partial charge in [0.15, 0.2) is 0 Å². The van der Waals surface area contributed by atoms with Crippen molar-refractivity contribution in [1.82, 2.24) is 0 Å². The van der Waals surface area contributed by atoms with Crippen LogP contribution in [-0.4, -0.2) is 13.0 Å². The normalized spacial score (nSPS) is 9.65. The van der Waals surface area contributed by atoms with E-state index in [0.717, 1.165) is 0 Å². The molecule has 0 heterocycles. The molecule has 0 saturated heterocycles. The van der Waals surface area contributed by atoms with E-state index in [2.05, 4.69) is 5.32 Å². The SMILES string of the molecule is COc1ccc(Cl)cc1C(=O)Nc1ccccc1C#N. The van der Waals surface area contributed by atoms with Crippen molar-refractivity contribution in [3.05, 3.63) is 58.6 Å². The van der Waals surface area contributed by atoms with E-state index in [4.69, 9.17) is 21.6 Å². The van der Waals surface area contributed by atoms with Gasteiger partial charge in [0.05, 0.1) is 23.9 Å². The first-order valence-electron chi connectivity index (χ1n) is 5.79. The van der Waals surface area contributed by atoms with Crippen LogP contribution in [0.25, 0.3) is 0 Å². The molecule has 0 aromatic heterocycles. The lowest BCUT2D eigenvalue weighted by molar-refractivity contribution is 0.102. The molecule has 2 rings (SSSR count). The van der Waals surface area contributed by atoms with E-state index in [-0.39, 0.29) is 5.91 Å². The minimum absolute atomic E-state index is 0.313. The van der Waals surface area contributed by atoms with Gasteiger partial charge >= 0.3 is 0 Å². The number of rotatable bonds is 3. The molecule has 0 aliphatic carbocycles. The Kier molecular flexibility index (Phi) is 4.24. The molecule has 0 spiro atoms. The molecular weight excluding hydrogens is 276 g/mol. The van der Waals surface area contributed by atoms with Gasteiger partial charge in [0.25, 0.3) is 5.91 Å². The number of carbonyl (C=O) groups is 1. The Balaban J connectivity index is 2.33. The smallest absolute Gasteiger partial charge is 0.259 e. The number of anilines is 1. The first kappa shape index (κ1) is 13.9. The quantitative estimate of drug-likeness (QED) is 0.939. The van der Waals surface area contributed by atoms with Crippen LogP contribution in [0.15, 0.2) is 42.5 Å². The molecule has 0 aliphatic heterocycles. The summed E-state index contributed by atoms with van der Waals surface area (Å²) in [5.41, 5.74) is 1.15. The maximum absolute atomic E-state index is 12.3. The zero-order valence-electron chi connectivity index (χ0n) is 10.7. The Hall–Kier alpha value is -2.51. The standard InChI is InChI=1S/C15H11ClN2O2/c1-20-14-7-6-11(16)8-12(14)15(19)18-13-5-3-2-4-10(13)9-17/h2-8H,1H3,(H,18,19). The van der Waals surface area contributed by atoms with Crippen molar-refractivity contribution in [3.8, 4) is 11.8 Å². The van der Waals surface area contributed by atoms with Crippen molar-refractivity contribution in [3.63, 3.8) is 0 Å². The maximum atomic E-state index is 12.3. The Morgan fingerprint density at radius 1 is 1.30 bits per heavy atom. The van der Waals surface area contributed by atoms with Crippen LogP contribution in [0.3, 0.4) is 0 Å². The number of nitrogens with zero attached hydrogens (tertiary/aromatic N) is 1. The second kappa shape index (κ2) is 6.09. The predicted octanol–water partition coefficient (Wildman–Crippen LogP) is 3.47. The molecule has 0 unspecified atom stereocenters. The number of para-hydroxylation sites is 1. The Morgan fingerprint density at radius 2 is 2.05 bits per heavy atom. The maximum Gasteiger partial charge on any atom is 0.259 e. The minimum Gasteiger partial charge on any atom is -0.496 e.